The first-order valence-corrected chi connectivity index (χ1v) is 8.57. The van der Waals surface area contributed by atoms with Crippen LogP contribution >= 0.6 is 11.3 Å². The minimum atomic E-state index is -0.134. The van der Waals surface area contributed by atoms with Gasteiger partial charge in [-0.1, -0.05) is 24.3 Å². The van der Waals surface area contributed by atoms with E-state index in [-0.39, 0.29) is 11.9 Å². The Morgan fingerprint density at radius 1 is 1.04 bits per heavy atom. The summed E-state index contributed by atoms with van der Waals surface area (Å²) in [6.45, 7) is 0. The molecule has 0 amide bonds. The molecule has 132 valence electrons. The Bertz CT molecular complexity index is 975. The zero-order valence-electron chi connectivity index (χ0n) is 14.1. The molecule has 0 bridgehead atoms. The molecule has 0 saturated carbocycles. The van der Waals surface area contributed by atoms with Crippen LogP contribution in [0.4, 0.5) is 5.69 Å². The van der Waals surface area contributed by atoms with Gasteiger partial charge in [0.1, 0.15) is 10.8 Å². The largest absolute Gasteiger partial charge is 0.497 e. The molecule has 1 heterocycles. The fourth-order valence-corrected chi connectivity index (χ4v) is 3.15. The maximum atomic E-state index is 5.68. The van der Waals surface area contributed by atoms with Gasteiger partial charge in [0.05, 0.1) is 18.5 Å². The molecule has 8 heteroatoms. The number of hydrogen-bond acceptors (Lipinski definition) is 4. The topological polar surface area (TPSA) is 125 Å². The second-order valence-electron chi connectivity index (χ2n) is 5.33. The van der Waals surface area contributed by atoms with Gasteiger partial charge in [0.15, 0.2) is 5.96 Å². The van der Waals surface area contributed by atoms with Gasteiger partial charge in [-0.15, -0.1) is 11.3 Å². The Balaban J connectivity index is 1.90. The Kier molecular flexibility index (Phi) is 5.14. The van der Waals surface area contributed by atoms with Gasteiger partial charge < -0.3 is 21.9 Å². The highest BCUT2D eigenvalue weighted by Crippen LogP contribution is 2.31. The van der Waals surface area contributed by atoms with E-state index in [0.29, 0.717) is 5.69 Å². The normalized spacial score (nSPS) is 11.2. The van der Waals surface area contributed by atoms with Gasteiger partial charge in [-0.25, -0.2) is 9.98 Å². The van der Waals surface area contributed by atoms with Crippen molar-refractivity contribution >= 4 is 28.9 Å². The molecule has 1 aromatic heterocycles. The lowest BCUT2D eigenvalue weighted by atomic mass is 10.1. The molecule has 0 spiro atoms. The number of aromatic nitrogens is 1. The molecule has 3 aromatic rings. The molecule has 3 rings (SSSR count). The Morgan fingerprint density at radius 3 is 2.58 bits per heavy atom. The second kappa shape index (κ2) is 7.66. The number of nitrogens with two attached hydrogens (primary N) is 3. The van der Waals surface area contributed by atoms with Crippen LogP contribution in [0.25, 0.3) is 21.8 Å². The van der Waals surface area contributed by atoms with E-state index in [4.69, 9.17) is 26.9 Å². The van der Waals surface area contributed by atoms with Gasteiger partial charge in [0, 0.05) is 16.5 Å². The van der Waals surface area contributed by atoms with E-state index in [0.717, 1.165) is 27.6 Å². The third kappa shape index (κ3) is 4.17. The highest BCUT2D eigenvalue weighted by Gasteiger charge is 2.08. The van der Waals surface area contributed by atoms with Crippen molar-refractivity contribution in [2.24, 2.45) is 27.2 Å². The minimum absolute atomic E-state index is 0.00152. The van der Waals surface area contributed by atoms with Gasteiger partial charge in [-0.3, -0.25) is 0 Å². The van der Waals surface area contributed by atoms with E-state index in [1.54, 1.807) is 18.4 Å². The molecule has 7 nitrogen and oxygen atoms in total. The van der Waals surface area contributed by atoms with Crippen LogP contribution in [0, 0.1) is 0 Å². The summed E-state index contributed by atoms with van der Waals surface area (Å²) in [7, 11) is 1.64. The van der Waals surface area contributed by atoms with Crippen LogP contribution in [-0.4, -0.2) is 24.0 Å². The van der Waals surface area contributed by atoms with Crippen LogP contribution in [-0.2, 0) is 0 Å². The number of methoxy groups -OCH3 is 1. The van der Waals surface area contributed by atoms with Crippen molar-refractivity contribution in [3.63, 3.8) is 0 Å². The molecular formula is C18H18N6OS. The summed E-state index contributed by atoms with van der Waals surface area (Å²) < 4.78 is 5.27. The molecule has 26 heavy (non-hydrogen) atoms. The maximum absolute atomic E-state index is 5.68. The third-order valence-corrected chi connectivity index (χ3v) is 4.34. The summed E-state index contributed by atoms with van der Waals surface area (Å²) in [5, 5.41) is 2.88. The summed E-state index contributed by atoms with van der Waals surface area (Å²) in [5.41, 5.74) is 19.7. The first kappa shape index (κ1) is 17.4. The predicted molar refractivity (Wildman–Crippen MR) is 107 cm³/mol. The Morgan fingerprint density at radius 2 is 1.81 bits per heavy atom. The Hall–Kier alpha value is -3.39. The second-order valence-corrected chi connectivity index (χ2v) is 6.18. The van der Waals surface area contributed by atoms with E-state index in [2.05, 4.69) is 9.98 Å². The number of ether oxygens (including phenoxy) is 1. The maximum Gasteiger partial charge on any atom is 0.223 e. The first-order chi connectivity index (χ1) is 12.5. The zero-order valence-corrected chi connectivity index (χ0v) is 14.9. The molecule has 0 radical (unpaired) electrons. The third-order valence-electron chi connectivity index (χ3n) is 3.45. The smallest absolute Gasteiger partial charge is 0.223 e. The van der Waals surface area contributed by atoms with E-state index < -0.39 is 0 Å². The molecule has 0 fully saturated rings. The fraction of sp³-hybridized carbons (Fsp3) is 0.0556. The predicted octanol–water partition coefficient (Wildman–Crippen LogP) is 2.71. The number of thiazole rings is 1. The monoisotopic (exact) mass is 366 g/mol. The number of guanidine groups is 2. The van der Waals surface area contributed by atoms with Gasteiger partial charge in [-0.2, -0.15) is 4.99 Å². The molecule has 0 atom stereocenters. The molecular weight excluding hydrogens is 348 g/mol. The van der Waals surface area contributed by atoms with E-state index in [9.17, 15) is 0 Å². The molecule has 0 unspecified atom stereocenters. The van der Waals surface area contributed by atoms with Crippen molar-refractivity contribution < 1.29 is 4.74 Å². The van der Waals surface area contributed by atoms with Gasteiger partial charge >= 0.3 is 0 Å². The number of aliphatic imine (C=N–C) groups is 2. The standard InChI is InChI=1S/C18H18N6OS/c1-25-14-7-3-4-11(9-14)15-10-26-16(23-15)12-5-2-6-13(8-12)22-18(21)24-17(19)20/h2-10H,1H3,(H6,19,20,21,22,24). The van der Waals surface area contributed by atoms with Gasteiger partial charge in [0.2, 0.25) is 5.96 Å². The van der Waals surface area contributed by atoms with Crippen LogP contribution in [0.2, 0.25) is 0 Å². The fourth-order valence-electron chi connectivity index (χ4n) is 2.32. The van der Waals surface area contributed by atoms with Crippen molar-refractivity contribution in [1.29, 1.82) is 0 Å². The van der Waals surface area contributed by atoms with E-state index in [1.807, 2.05) is 53.9 Å². The van der Waals surface area contributed by atoms with Crippen molar-refractivity contribution in [2.45, 2.75) is 0 Å². The van der Waals surface area contributed by atoms with Crippen molar-refractivity contribution in [3.8, 4) is 27.6 Å². The highest BCUT2D eigenvalue weighted by molar-refractivity contribution is 7.13. The average molecular weight is 366 g/mol. The zero-order chi connectivity index (χ0) is 18.5. The van der Waals surface area contributed by atoms with Gasteiger partial charge in [0.25, 0.3) is 0 Å². The lowest BCUT2D eigenvalue weighted by molar-refractivity contribution is 0.415. The van der Waals surface area contributed by atoms with Crippen LogP contribution in [0.1, 0.15) is 0 Å². The quantitative estimate of drug-likeness (QED) is 0.483. The lowest BCUT2D eigenvalue weighted by Crippen LogP contribution is -2.26. The van der Waals surface area contributed by atoms with Crippen molar-refractivity contribution in [1.82, 2.24) is 4.98 Å². The first-order valence-electron chi connectivity index (χ1n) is 7.69. The van der Waals surface area contributed by atoms with Crippen LogP contribution in [0.15, 0.2) is 63.9 Å². The highest BCUT2D eigenvalue weighted by atomic mass is 32.1. The molecule has 0 saturated heterocycles. The summed E-state index contributed by atoms with van der Waals surface area (Å²) in [4.78, 5) is 12.6. The lowest BCUT2D eigenvalue weighted by Gasteiger charge is -2.02. The van der Waals surface area contributed by atoms with Crippen LogP contribution in [0.5, 0.6) is 5.75 Å². The molecule has 0 aliphatic rings. The summed E-state index contributed by atoms with van der Waals surface area (Å²) in [5.74, 6) is 0.659. The number of hydrogen-bond donors (Lipinski definition) is 3. The van der Waals surface area contributed by atoms with Crippen molar-refractivity contribution in [3.05, 3.63) is 53.9 Å². The number of benzene rings is 2. The van der Waals surface area contributed by atoms with Crippen LogP contribution in [0.3, 0.4) is 0 Å². The minimum Gasteiger partial charge on any atom is -0.497 e. The van der Waals surface area contributed by atoms with Crippen LogP contribution < -0.4 is 21.9 Å². The molecule has 0 aliphatic carbocycles. The number of nitrogens with zero attached hydrogens (tertiary/aromatic N) is 3. The molecule has 0 aliphatic heterocycles. The van der Waals surface area contributed by atoms with E-state index >= 15 is 0 Å². The number of rotatable bonds is 4. The summed E-state index contributed by atoms with van der Waals surface area (Å²) in [6, 6.07) is 15.3. The van der Waals surface area contributed by atoms with E-state index in [1.165, 1.54) is 0 Å². The molecule has 6 N–H and O–H groups in total. The van der Waals surface area contributed by atoms with Crippen molar-refractivity contribution in [2.75, 3.05) is 7.11 Å². The van der Waals surface area contributed by atoms with Gasteiger partial charge in [-0.05, 0) is 24.3 Å². The SMILES string of the molecule is COc1cccc(-c2csc(-c3cccc(N=C(N)N=C(N)N)c3)n2)c1. The Labute approximate surface area is 154 Å². The summed E-state index contributed by atoms with van der Waals surface area (Å²) in [6.07, 6.45) is 0. The average Bonchev–Trinajstić information content (AvgIpc) is 3.11. The molecule has 2 aromatic carbocycles. The summed E-state index contributed by atoms with van der Waals surface area (Å²) >= 11 is 1.55.